The van der Waals surface area contributed by atoms with Gasteiger partial charge in [0.1, 0.15) is 5.75 Å². The molecule has 1 aliphatic heterocycles. The molecule has 1 fully saturated rings. The number of carbonyl (C=O) groups is 1. The Morgan fingerprint density at radius 2 is 1.45 bits per heavy atom. The average molecular weight is 406 g/mol. The molecule has 0 spiro atoms. The maximum atomic E-state index is 12.4. The number of rotatable bonds is 2. The third-order valence-electron chi connectivity index (χ3n) is 6.18. The van der Waals surface area contributed by atoms with E-state index < -0.39 is 22.5 Å². The summed E-state index contributed by atoms with van der Waals surface area (Å²) in [5.41, 5.74) is 0.484. The minimum Gasteiger partial charge on any atom is -0.507 e. The largest absolute Gasteiger partial charge is 0.507 e. The number of hydrogen-bond donors (Lipinski definition) is 3. The minimum atomic E-state index is -0.974. The quantitative estimate of drug-likeness (QED) is 0.578. The maximum absolute atomic E-state index is 12.4. The van der Waals surface area contributed by atoms with Crippen molar-refractivity contribution in [3.63, 3.8) is 0 Å². The van der Waals surface area contributed by atoms with E-state index in [1.165, 1.54) is 5.06 Å². The van der Waals surface area contributed by atoms with Crippen LogP contribution in [0.3, 0.4) is 0 Å². The Labute approximate surface area is 175 Å². The van der Waals surface area contributed by atoms with Gasteiger partial charge in [-0.25, -0.2) is 4.79 Å². The minimum absolute atomic E-state index is 0.0938. The van der Waals surface area contributed by atoms with Crippen LogP contribution in [0, 0.1) is 0 Å². The number of carboxylic acids is 1. The van der Waals surface area contributed by atoms with Crippen LogP contribution in [0.25, 0.3) is 0 Å². The van der Waals surface area contributed by atoms with Crippen molar-refractivity contribution in [3.05, 3.63) is 28.3 Å². The maximum Gasteiger partial charge on any atom is 0.335 e. The van der Waals surface area contributed by atoms with Crippen LogP contribution >= 0.6 is 0 Å². The van der Waals surface area contributed by atoms with Gasteiger partial charge < -0.3 is 15.4 Å². The van der Waals surface area contributed by atoms with E-state index in [1.807, 2.05) is 69.2 Å². The van der Waals surface area contributed by atoms with Crippen molar-refractivity contribution in [1.29, 1.82) is 0 Å². The standard InChI is InChI=1S/C24H39NO4/c1-21(2,3)16-11-15(20(27)28)17(18(19(16)26)22(4,5)6)14-12-23(7,8)25(29)24(9,10)13-14/h11,14,26,29H,12-13H2,1-10H3,(H,27,28). The molecule has 1 aliphatic rings. The molecule has 3 N–H and O–H groups in total. The number of aromatic carboxylic acids is 1. The van der Waals surface area contributed by atoms with Crippen LogP contribution < -0.4 is 0 Å². The number of piperidine rings is 1. The van der Waals surface area contributed by atoms with Crippen molar-refractivity contribution in [3.8, 4) is 5.75 Å². The lowest BCUT2D eigenvalue weighted by atomic mass is 9.66. The van der Waals surface area contributed by atoms with Gasteiger partial charge in [0.25, 0.3) is 0 Å². The summed E-state index contributed by atoms with van der Waals surface area (Å²) in [5, 5.41) is 33.6. The summed E-state index contributed by atoms with van der Waals surface area (Å²) in [5.74, 6) is -0.867. The van der Waals surface area contributed by atoms with Gasteiger partial charge in [0.15, 0.2) is 0 Å². The fraction of sp³-hybridized carbons (Fsp3) is 0.708. The van der Waals surface area contributed by atoms with Crippen LogP contribution in [0.5, 0.6) is 5.75 Å². The SMILES string of the molecule is CC(C)(C)c1cc(C(=O)O)c(C2CC(C)(C)N(O)C(C)(C)C2)c(C(C)(C)C)c1O. The second-order valence-electron chi connectivity index (χ2n) is 12.0. The number of carboxylic acid groups (broad SMARTS) is 1. The molecular weight excluding hydrogens is 366 g/mol. The first-order valence-electron chi connectivity index (χ1n) is 10.4. The predicted octanol–water partition coefficient (Wildman–Crippen LogP) is 5.81. The van der Waals surface area contributed by atoms with Gasteiger partial charge in [-0.1, -0.05) is 41.5 Å². The molecule has 0 bridgehead atoms. The van der Waals surface area contributed by atoms with Crippen molar-refractivity contribution >= 4 is 5.97 Å². The third-order valence-corrected chi connectivity index (χ3v) is 6.18. The monoisotopic (exact) mass is 405 g/mol. The molecule has 2 rings (SSSR count). The van der Waals surface area contributed by atoms with Gasteiger partial charge in [-0.2, -0.15) is 5.06 Å². The van der Waals surface area contributed by atoms with E-state index in [2.05, 4.69) is 0 Å². The van der Waals surface area contributed by atoms with Gasteiger partial charge in [0.05, 0.1) is 5.56 Å². The molecule has 0 aliphatic carbocycles. The lowest BCUT2D eigenvalue weighted by Crippen LogP contribution is -2.58. The van der Waals surface area contributed by atoms with Crippen LogP contribution in [0.2, 0.25) is 0 Å². The van der Waals surface area contributed by atoms with E-state index in [0.29, 0.717) is 29.5 Å². The molecule has 164 valence electrons. The van der Waals surface area contributed by atoms with Crippen LogP contribution in [0.15, 0.2) is 6.07 Å². The Bertz CT molecular complexity index is 792. The topological polar surface area (TPSA) is 81.0 Å². The van der Waals surface area contributed by atoms with Crippen molar-refractivity contribution in [2.75, 3.05) is 0 Å². The van der Waals surface area contributed by atoms with Crippen LogP contribution in [-0.2, 0) is 10.8 Å². The number of hydroxylamine groups is 2. The molecule has 0 amide bonds. The van der Waals surface area contributed by atoms with Gasteiger partial charge in [0.2, 0.25) is 0 Å². The van der Waals surface area contributed by atoms with E-state index in [-0.39, 0.29) is 22.6 Å². The highest BCUT2D eigenvalue weighted by molar-refractivity contribution is 5.91. The molecule has 0 atom stereocenters. The first kappa shape index (κ1) is 23.7. The van der Waals surface area contributed by atoms with Gasteiger partial charge in [-0.3, -0.25) is 0 Å². The van der Waals surface area contributed by atoms with E-state index in [9.17, 15) is 20.2 Å². The van der Waals surface area contributed by atoms with Gasteiger partial charge in [0, 0.05) is 22.2 Å². The summed E-state index contributed by atoms with van der Waals surface area (Å²) in [6.07, 6.45) is 1.20. The Kier molecular flexibility index (Phi) is 5.70. The molecule has 29 heavy (non-hydrogen) atoms. The zero-order valence-corrected chi connectivity index (χ0v) is 19.8. The summed E-state index contributed by atoms with van der Waals surface area (Å²) in [4.78, 5) is 12.4. The van der Waals surface area contributed by atoms with Crippen molar-refractivity contribution in [1.82, 2.24) is 5.06 Å². The fourth-order valence-electron chi connectivity index (χ4n) is 5.09. The van der Waals surface area contributed by atoms with Crippen molar-refractivity contribution < 1.29 is 20.2 Å². The lowest BCUT2D eigenvalue weighted by Gasteiger charge is -2.52. The number of aromatic hydroxyl groups is 1. The van der Waals surface area contributed by atoms with E-state index >= 15 is 0 Å². The fourth-order valence-corrected chi connectivity index (χ4v) is 5.09. The molecule has 5 heteroatoms. The molecule has 1 aromatic carbocycles. The number of hydrogen-bond acceptors (Lipinski definition) is 4. The second kappa shape index (κ2) is 6.98. The summed E-state index contributed by atoms with van der Waals surface area (Å²) < 4.78 is 0. The Balaban J connectivity index is 2.90. The highest BCUT2D eigenvalue weighted by atomic mass is 16.5. The number of phenols is 1. The van der Waals surface area contributed by atoms with Gasteiger partial charge in [-0.15, -0.1) is 0 Å². The Morgan fingerprint density at radius 3 is 1.79 bits per heavy atom. The van der Waals surface area contributed by atoms with Crippen LogP contribution in [-0.4, -0.2) is 37.5 Å². The van der Waals surface area contributed by atoms with E-state index in [4.69, 9.17) is 0 Å². The summed E-state index contributed by atoms with van der Waals surface area (Å²) >= 11 is 0. The molecule has 0 radical (unpaired) electrons. The highest BCUT2D eigenvalue weighted by Gasteiger charge is 2.47. The molecular formula is C24H39NO4. The van der Waals surface area contributed by atoms with Crippen molar-refractivity contribution in [2.24, 2.45) is 0 Å². The van der Waals surface area contributed by atoms with Gasteiger partial charge in [-0.05, 0) is 68.9 Å². The summed E-state index contributed by atoms with van der Waals surface area (Å²) in [7, 11) is 0. The highest BCUT2D eigenvalue weighted by Crippen LogP contribution is 2.51. The number of phenolic OH excluding ortho intramolecular Hbond substituents is 1. The van der Waals surface area contributed by atoms with E-state index in [0.717, 1.165) is 0 Å². The molecule has 5 nitrogen and oxygen atoms in total. The molecule has 0 saturated carbocycles. The molecule has 1 heterocycles. The lowest BCUT2D eigenvalue weighted by molar-refractivity contribution is -0.245. The average Bonchev–Trinajstić information content (AvgIpc) is 2.48. The zero-order chi connectivity index (χ0) is 22.7. The first-order chi connectivity index (χ1) is 12.8. The van der Waals surface area contributed by atoms with Crippen LogP contribution in [0.4, 0.5) is 0 Å². The van der Waals surface area contributed by atoms with E-state index in [1.54, 1.807) is 6.07 Å². The molecule has 1 aromatic rings. The van der Waals surface area contributed by atoms with Gasteiger partial charge >= 0.3 is 5.97 Å². The second-order valence-corrected chi connectivity index (χ2v) is 12.0. The summed E-state index contributed by atoms with van der Waals surface area (Å²) in [6.45, 7) is 19.9. The molecule has 0 aromatic heterocycles. The normalized spacial score (nSPS) is 20.7. The predicted molar refractivity (Wildman–Crippen MR) is 116 cm³/mol. The van der Waals surface area contributed by atoms with Crippen LogP contribution in [0.1, 0.15) is 115 Å². The smallest absolute Gasteiger partial charge is 0.335 e. The van der Waals surface area contributed by atoms with Crippen molar-refractivity contribution in [2.45, 2.75) is 110 Å². The third kappa shape index (κ3) is 4.31. The first-order valence-corrected chi connectivity index (χ1v) is 10.4. The Hall–Kier alpha value is -1.59. The number of benzene rings is 1. The Morgan fingerprint density at radius 1 is 1.00 bits per heavy atom. The molecule has 0 unspecified atom stereocenters. The molecule has 1 saturated heterocycles. The number of nitrogens with zero attached hydrogens (tertiary/aromatic N) is 1. The summed E-state index contributed by atoms with van der Waals surface area (Å²) in [6, 6.07) is 1.66. The zero-order valence-electron chi connectivity index (χ0n) is 19.8.